The maximum Gasteiger partial charge on any atom is 0.408 e. The van der Waals surface area contributed by atoms with E-state index in [0.29, 0.717) is 6.42 Å². The van der Waals surface area contributed by atoms with Crippen molar-refractivity contribution in [3.63, 3.8) is 0 Å². The predicted octanol–water partition coefficient (Wildman–Crippen LogP) is 3.00. The van der Waals surface area contributed by atoms with E-state index in [-0.39, 0.29) is 43.8 Å². The van der Waals surface area contributed by atoms with Gasteiger partial charge in [0.05, 0.1) is 67.7 Å². The fourth-order valence-corrected chi connectivity index (χ4v) is 10.1. The SMILES string of the molecule is COC(=O)CCO[C@H]1[C@H](O[C@@H]2[C@@H](C)[C@H](O[C@H]3C[C@@](C)(OC)[C@@H](O)[C@H](C)O3)[C@@H](C)C(=O)O[C@@H]3C(C)[C@@]34OC(=O)N[C@@H]4[C@@H](C)C(=O)[C@H](C)C[C@]2(C)OC)O[C@H](C)C[C@@H]1N(C)C. The molecule has 17 heteroatoms. The van der Waals surface area contributed by atoms with Crippen LogP contribution in [0.4, 0.5) is 4.79 Å². The molecule has 0 bridgehead atoms. The van der Waals surface area contributed by atoms with Crippen LogP contribution in [0.5, 0.6) is 0 Å². The minimum atomic E-state index is -1.24. The number of aliphatic hydroxyl groups is 1. The number of carbonyl (C=O) groups excluding carboxylic acids is 4. The van der Waals surface area contributed by atoms with E-state index < -0.39 is 120 Å². The largest absolute Gasteiger partial charge is 0.469 e. The van der Waals surface area contributed by atoms with E-state index in [1.807, 2.05) is 53.6 Å². The second-order valence-electron chi connectivity index (χ2n) is 18.3. The number of hydrogen-bond donors (Lipinski definition) is 2. The molecule has 0 aromatic rings. The van der Waals surface area contributed by atoms with E-state index in [1.165, 1.54) is 14.2 Å². The molecule has 1 aliphatic carbocycles. The monoisotopic (exact) mass is 842 g/mol. The molecular formula is C42H70N2O15. The van der Waals surface area contributed by atoms with E-state index in [1.54, 1.807) is 34.8 Å². The molecule has 1 spiro atoms. The first-order valence-electron chi connectivity index (χ1n) is 21.1. The number of esters is 2. The maximum atomic E-state index is 14.5. The van der Waals surface area contributed by atoms with Gasteiger partial charge in [-0.3, -0.25) is 14.4 Å². The third-order valence-corrected chi connectivity index (χ3v) is 14.0. The van der Waals surface area contributed by atoms with Crippen molar-refractivity contribution in [2.45, 2.75) is 172 Å². The number of likely N-dealkylation sites (N-methyl/N-ethyl adjacent to an activating group) is 1. The quantitative estimate of drug-likeness (QED) is 0.227. The molecule has 0 aromatic carbocycles. The predicted molar refractivity (Wildman–Crippen MR) is 210 cm³/mol. The zero-order chi connectivity index (χ0) is 43.9. The van der Waals surface area contributed by atoms with Crippen molar-refractivity contribution in [3.8, 4) is 0 Å². The van der Waals surface area contributed by atoms with Crippen LogP contribution in [0.2, 0.25) is 0 Å². The molecule has 0 radical (unpaired) electrons. The lowest BCUT2D eigenvalue weighted by Crippen LogP contribution is -2.61. The van der Waals surface area contributed by atoms with Crippen molar-refractivity contribution in [2.75, 3.05) is 42.0 Å². The molecule has 5 aliphatic rings. The molecule has 19 atom stereocenters. The molecular weight excluding hydrogens is 772 g/mol. The van der Waals surface area contributed by atoms with Gasteiger partial charge in [-0.05, 0) is 61.6 Å². The minimum Gasteiger partial charge on any atom is -0.469 e. The van der Waals surface area contributed by atoms with Gasteiger partial charge in [0.15, 0.2) is 24.3 Å². The van der Waals surface area contributed by atoms with E-state index in [2.05, 4.69) is 5.32 Å². The first kappa shape index (κ1) is 47.6. The fourth-order valence-electron chi connectivity index (χ4n) is 10.1. The summed E-state index contributed by atoms with van der Waals surface area (Å²) in [4.78, 5) is 55.9. The van der Waals surface area contributed by atoms with Crippen molar-refractivity contribution in [1.82, 2.24) is 10.2 Å². The molecule has 1 saturated carbocycles. The van der Waals surface area contributed by atoms with E-state index in [9.17, 15) is 24.3 Å². The van der Waals surface area contributed by atoms with Gasteiger partial charge in [-0.15, -0.1) is 0 Å². The van der Waals surface area contributed by atoms with Gasteiger partial charge in [-0.1, -0.05) is 27.7 Å². The highest BCUT2D eigenvalue weighted by molar-refractivity contribution is 5.86. The van der Waals surface area contributed by atoms with Crippen LogP contribution in [-0.4, -0.2) is 160 Å². The number of carbonyl (C=O) groups is 4. The summed E-state index contributed by atoms with van der Waals surface area (Å²) in [5.41, 5.74) is -3.49. The number of amides is 1. The van der Waals surface area contributed by atoms with Crippen LogP contribution in [0.25, 0.3) is 0 Å². The third kappa shape index (κ3) is 9.34. The first-order chi connectivity index (χ1) is 27.6. The third-order valence-electron chi connectivity index (χ3n) is 14.0. The molecule has 0 aromatic heterocycles. The van der Waals surface area contributed by atoms with Crippen molar-refractivity contribution in [2.24, 2.45) is 29.6 Å². The molecule has 2 N–H and O–H groups in total. The Morgan fingerprint density at radius 1 is 0.898 bits per heavy atom. The summed E-state index contributed by atoms with van der Waals surface area (Å²) in [6.07, 6.45) is -7.04. The Hall–Kier alpha value is -2.48. The molecule has 17 nitrogen and oxygen atoms in total. The minimum absolute atomic E-state index is 0.0146. The highest BCUT2D eigenvalue weighted by Gasteiger charge is 2.77. The highest BCUT2D eigenvalue weighted by Crippen LogP contribution is 2.56. The van der Waals surface area contributed by atoms with E-state index in [0.717, 1.165) is 0 Å². The molecule has 59 heavy (non-hydrogen) atoms. The molecule has 1 amide bonds. The van der Waals surface area contributed by atoms with E-state index in [4.69, 9.17) is 47.4 Å². The van der Waals surface area contributed by atoms with Crippen LogP contribution in [0, 0.1) is 29.6 Å². The fraction of sp³-hybridized carbons (Fsp3) is 0.905. The molecule has 4 heterocycles. The number of methoxy groups -OCH3 is 3. The first-order valence-corrected chi connectivity index (χ1v) is 21.1. The molecule has 4 saturated heterocycles. The number of Topliss-reactive ketones (excluding diaryl/α,β-unsaturated/α-hetero) is 1. The lowest BCUT2D eigenvalue weighted by molar-refractivity contribution is -0.322. The van der Waals surface area contributed by atoms with Crippen LogP contribution >= 0.6 is 0 Å². The van der Waals surface area contributed by atoms with Gasteiger partial charge >= 0.3 is 18.0 Å². The van der Waals surface area contributed by atoms with Crippen molar-refractivity contribution in [1.29, 1.82) is 0 Å². The highest BCUT2D eigenvalue weighted by atomic mass is 16.7. The molecule has 338 valence electrons. The summed E-state index contributed by atoms with van der Waals surface area (Å²) < 4.78 is 62.4. The van der Waals surface area contributed by atoms with Gasteiger partial charge in [0.2, 0.25) is 0 Å². The number of nitrogens with zero attached hydrogens (tertiary/aromatic N) is 1. The van der Waals surface area contributed by atoms with Crippen molar-refractivity contribution >= 4 is 23.8 Å². The second-order valence-corrected chi connectivity index (χ2v) is 18.3. The number of alkyl carbamates (subject to hydrolysis) is 1. The van der Waals surface area contributed by atoms with Gasteiger partial charge in [-0.25, -0.2) is 4.79 Å². The number of hydrogen-bond acceptors (Lipinski definition) is 16. The zero-order valence-electron chi connectivity index (χ0n) is 37.4. The number of aliphatic hydroxyl groups excluding tert-OH is 1. The topological polar surface area (TPSA) is 196 Å². The number of nitrogens with one attached hydrogen (secondary N) is 1. The molecule has 4 aliphatic heterocycles. The van der Waals surface area contributed by atoms with Crippen LogP contribution in [-0.2, 0) is 61.8 Å². The van der Waals surface area contributed by atoms with Crippen molar-refractivity contribution < 1.29 is 71.7 Å². The lowest BCUT2D eigenvalue weighted by Gasteiger charge is -2.50. The summed E-state index contributed by atoms with van der Waals surface area (Å²) in [7, 11) is 8.26. The molecule has 1 unspecified atom stereocenters. The van der Waals surface area contributed by atoms with Gasteiger partial charge in [0.1, 0.15) is 18.0 Å². The Labute approximate surface area is 349 Å². The van der Waals surface area contributed by atoms with Crippen LogP contribution in [0.15, 0.2) is 0 Å². The summed E-state index contributed by atoms with van der Waals surface area (Å²) in [5, 5.41) is 13.9. The average Bonchev–Trinajstić information content (AvgIpc) is 3.54. The Morgan fingerprint density at radius 3 is 2.17 bits per heavy atom. The van der Waals surface area contributed by atoms with Crippen molar-refractivity contribution in [3.05, 3.63) is 0 Å². The summed E-state index contributed by atoms with van der Waals surface area (Å²) in [6, 6.07) is -0.938. The van der Waals surface area contributed by atoms with Gasteiger partial charge in [0, 0.05) is 50.4 Å². The van der Waals surface area contributed by atoms with Crippen LogP contribution in [0.1, 0.15) is 88.0 Å². The van der Waals surface area contributed by atoms with E-state index >= 15 is 0 Å². The molecule has 5 rings (SSSR count). The normalized spacial score (nSPS) is 46.9. The van der Waals surface area contributed by atoms with Gasteiger partial charge in [0.25, 0.3) is 0 Å². The Balaban J connectivity index is 1.61. The van der Waals surface area contributed by atoms with Gasteiger partial charge < -0.3 is 62.7 Å². The Bertz CT molecular complexity index is 1520. The number of rotatable bonds is 11. The lowest BCUT2D eigenvalue weighted by atomic mass is 9.75. The number of ketones is 1. The second kappa shape index (κ2) is 18.5. The summed E-state index contributed by atoms with van der Waals surface area (Å²) >= 11 is 0. The van der Waals surface area contributed by atoms with Crippen LogP contribution in [0.3, 0.4) is 0 Å². The Kier molecular flexibility index (Phi) is 14.9. The zero-order valence-corrected chi connectivity index (χ0v) is 37.4. The Morgan fingerprint density at radius 2 is 1.56 bits per heavy atom. The average molecular weight is 843 g/mol. The van der Waals surface area contributed by atoms with Crippen LogP contribution < -0.4 is 5.32 Å². The number of ether oxygens (including phenoxy) is 10. The molecule has 5 fully saturated rings. The standard InChI is InChI=1S/C42H70N2O15/c1-20-18-41(9,52-14)35(58-38-32(53-16-15-28(45)50-12)27(44(10)11)17-21(2)54-38)23(4)31(56-29-19-40(8,51-13)34(47)26(7)55-29)24(5)37(48)57-36-25(6)42(36)33(22(3)30(20)46)43-39(49)59-42/h20-27,29,31-36,38,47H,15-19H2,1-14H3,(H,43,49)/t20-,21-,22+,23+,24-,25?,26+,27+,29+,31+,32-,33-,34+,35-,36-,38+,40-,41+,42+/m1/s1. The summed E-state index contributed by atoms with van der Waals surface area (Å²) in [6.45, 7) is 16.4. The maximum absolute atomic E-state index is 14.5. The van der Waals surface area contributed by atoms with Gasteiger partial charge in [-0.2, -0.15) is 0 Å². The smallest absolute Gasteiger partial charge is 0.408 e. The summed E-state index contributed by atoms with van der Waals surface area (Å²) in [5.74, 6) is -4.56.